The number of anilines is 1. The minimum Gasteiger partial charge on any atom is -0.352 e. The number of amides is 2. The smallest absolute Gasteiger partial charge is 0.278 e. The van der Waals surface area contributed by atoms with E-state index < -0.39 is 0 Å². The molecule has 3 aromatic rings. The highest BCUT2D eigenvalue weighted by molar-refractivity contribution is 6.05. The molecular formula is C23H21FN4O3. The minimum absolute atomic E-state index is 0.0261. The van der Waals surface area contributed by atoms with Gasteiger partial charge in [0.2, 0.25) is 5.91 Å². The summed E-state index contributed by atoms with van der Waals surface area (Å²) in [7, 11) is 0. The van der Waals surface area contributed by atoms with Crippen molar-refractivity contribution in [1.82, 2.24) is 15.1 Å². The van der Waals surface area contributed by atoms with Crippen LogP contribution in [0.1, 0.15) is 28.0 Å². The van der Waals surface area contributed by atoms with Gasteiger partial charge in [-0.1, -0.05) is 30.3 Å². The number of carbonyl (C=O) groups excluding carboxylic acids is 2. The molecule has 0 aliphatic carbocycles. The molecule has 8 heteroatoms. The van der Waals surface area contributed by atoms with Crippen LogP contribution in [0.25, 0.3) is 0 Å². The van der Waals surface area contributed by atoms with E-state index in [1.807, 2.05) is 24.3 Å². The Morgan fingerprint density at radius 3 is 2.61 bits per heavy atom. The Morgan fingerprint density at radius 1 is 1.03 bits per heavy atom. The summed E-state index contributed by atoms with van der Waals surface area (Å²) < 4.78 is 14.1. The van der Waals surface area contributed by atoms with E-state index in [0.717, 1.165) is 27.9 Å². The number of hydrogen-bond acceptors (Lipinski definition) is 4. The van der Waals surface area contributed by atoms with Crippen molar-refractivity contribution in [3.8, 4) is 0 Å². The van der Waals surface area contributed by atoms with Crippen LogP contribution in [-0.2, 0) is 24.3 Å². The molecule has 0 radical (unpaired) electrons. The summed E-state index contributed by atoms with van der Waals surface area (Å²) in [6, 6.07) is 16.2. The van der Waals surface area contributed by atoms with Crippen molar-refractivity contribution in [2.45, 2.75) is 25.9 Å². The maximum atomic E-state index is 12.9. The van der Waals surface area contributed by atoms with Gasteiger partial charge in [-0.25, -0.2) is 9.07 Å². The number of para-hydroxylation sites is 1. The van der Waals surface area contributed by atoms with E-state index in [0.29, 0.717) is 6.54 Å². The molecule has 4 rings (SSSR count). The summed E-state index contributed by atoms with van der Waals surface area (Å²) in [5, 5.41) is 6.90. The Bertz CT molecular complexity index is 1170. The lowest BCUT2D eigenvalue weighted by atomic mass is 10.2. The molecular weight excluding hydrogens is 399 g/mol. The fourth-order valence-corrected chi connectivity index (χ4v) is 3.51. The molecule has 0 atom stereocenters. The van der Waals surface area contributed by atoms with Crippen molar-refractivity contribution in [3.63, 3.8) is 0 Å². The van der Waals surface area contributed by atoms with Crippen LogP contribution in [0.4, 0.5) is 10.1 Å². The van der Waals surface area contributed by atoms with Gasteiger partial charge in [-0.2, -0.15) is 5.10 Å². The first kappa shape index (κ1) is 20.5. The molecule has 0 saturated carbocycles. The monoisotopic (exact) mass is 420 g/mol. The van der Waals surface area contributed by atoms with Gasteiger partial charge >= 0.3 is 0 Å². The summed E-state index contributed by atoms with van der Waals surface area (Å²) in [4.78, 5) is 38.9. The lowest BCUT2D eigenvalue weighted by Gasteiger charge is -2.17. The summed E-state index contributed by atoms with van der Waals surface area (Å²) in [6.07, 6.45) is 0.800. The fraction of sp³-hybridized carbons (Fsp3) is 0.217. The largest absolute Gasteiger partial charge is 0.352 e. The first-order valence-corrected chi connectivity index (χ1v) is 10.0. The average Bonchev–Trinajstić information content (AvgIpc) is 3.22. The van der Waals surface area contributed by atoms with Crippen LogP contribution in [0.15, 0.2) is 65.5 Å². The maximum Gasteiger partial charge on any atom is 0.278 e. The van der Waals surface area contributed by atoms with E-state index in [1.54, 1.807) is 17.0 Å². The number of halogens is 1. The third-order valence-electron chi connectivity index (χ3n) is 5.17. The van der Waals surface area contributed by atoms with Gasteiger partial charge in [-0.15, -0.1) is 0 Å². The van der Waals surface area contributed by atoms with Gasteiger partial charge in [0.15, 0.2) is 0 Å². The highest BCUT2D eigenvalue weighted by atomic mass is 19.1. The van der Waals surface area contributed by atoms with Gasteiger partial charge in [0.25, 0.3) is 11.5 Å². The molecule has 0 fully saturated rings. The Labute approximate surface area is 178 Å². The quantitative estimate of drug-likeness (QED) is 0.663. The number of benzene rings is 2. The summed E-state index contributed by atoms with van der Waals surface area (Å²) >= 11 is 0. The van der Waals surface area contributed by atoms with Gasteiger partial charge in [0.1, 0.15) is 11.5 Å². The second-order valence-corrected chi connectivity index (χ2v) is 7.27. The van der Waals surface area contributed by atoms with Crippen LogP contribution in [0.2, 0.25) is 0 Å². The van der Waals surface area contributed by atoms with Gasteiger partial charge in [-0.05, 0) is 41.8 Å². The van der Waals surface area contributed by atoms with Crippen LogP contribution in [-0.4, -0.2) is 28.1 Å². The second-order valence-electron chi connectivity index (χ2n) is 7.27. The number of rotatable bonds is 6. The summed E-state index contributed by atoms with van der Waals surface area (Å²) in [5.74, 6) is -0.893. The van der Waals surface area contributed by atoms with E-state index in [9.17, 15) is 18.8 Å². The Kier molecular flexibility index (Phi) is 5.88. The second kappa shape index (κ2) is 8.91. The molecule has 31 heavy (non-hydrogen) atoms. The lowest BCUT2D eigenvalue weighted by Crippen LogP contribution is -2.33. The molecule has 1 aliphatic heterocycles. The van der Waals surface area contributed by atoms with Gasteiger partial charge < -0.3 is 10.2 Å². The van der Waals surface area contributed by atoms with Crippen molar-refractivity contribution in [1.29, 1.82) is 0 Å². The number of fused-ring (bicyclic) bond motifs is 1. The topological polar surface area (TPSA) is 84.3 Å². The predicted molar refractivity (Wildman–Crippen MR) is 113 cm³/mol. The molecule has 0 unspecified atom stereocenters. The van der Waals surface area contributed by atoms with Crippen LogP contribution in [0, 0.1) is 5.82 Å². The fourth-order valence-electron chi connectivity index (χ4n) is 3.51. The van der Waals surface area contributed by atoms with Crippen LogP contribution in [0.5, 0.6) is 0 Å². The van der Waals surface area contributed by atoms with Crippen molar-refractivity contribution in [2.75, 3.05) is 11.4 Å². The Balaban J connectivity index is 1.39. The van der Waals surface area contributed by atoms with Crippen LogP contribution >= 0.6 is 0 Å². The first-order valence-electron chi connectivity index (χ1n) is 10.0. The first-order chi connectivity index (χ1) is 15.0. The van der Waals surface area contributed by atoms with Gasteiger partial charge in [0, 0.05) is 31.3 Å². The molecule has 1 aliphatic rings. The SMILES string of the molecule is O=C(CCn1nc(C(=O)N2CCc3ccccc32)ccc1=O)NCc1ccc(F)cc1. The van der Waals surface area contributed by atoms with Gasteiger partial charge in [-0.3, -0.25) is 14.4 Å². The summed E-state index contributed by atoms with van der Waals surface area (Å²) in [6.45, 7) is 0.866. The zero-order valence-electron chi connectivity index (χ0n) is 16.8. The molecule has 158 valence electrons. The number of nitrogens with one attached hydrogen (secondary N) is 1. The number of hydrogen-bond donors (Lipinski definition) is 1. The zero-order valence-corrected chi connectivity index (χ0v) is 16.8. The standard InChI is InChI=1S/C23H21FN4O3/c24-18-7-5-16(6-8-18)15-25-21(29)12-14-28-22(30)10-9-19(26-28)23(31)27-13-11-17-3-1-2-4-20(17)27/h1-10H,11-15H2,(H,25,29). The van der Waals surface area contributed by atoms with Gasteiger partial charge in [0.05, 0.1) is 6.54 Å². The third-order valence-corrected chi connectivity index (χ3v) is 5.17. The molecule has 2 amide bonds. The molecule has 0 bridgehead atoms. The number of carbonyl (C=O) groups is 2. The van der Waals surface area contributed by atoms with E-state index in [1.165, 1.54) is 24.3 Å². The zero-order chi connectivity index (χ0) is 21.8. The Hall–Kier alpha value is -3.81. The molecule has 0 spiro atoms. The van der Waals surface area contributed by atoms with Crippen molar-refractivity contribution in [3.05, 3.63) is 93.7 Å². The minimum atomic E-state index is -0.385. The number of aryl methyl sites for hydroxylation is 1. The number of aromatic nitrogens is 2. The van der Waals surface area contributed by atoms with Crippen molar-refractivity contribution >= 4 is 17.5 Å². The molecule has 1 N–H and O–H groups in total. The van der Waals surface area contributed by atoms with E-state index in [-0.39, 0.29) is 48.4 Å². The summed E-state index contributed by atoms with van der Waals surface area (Å²) in [5.41, 5.74) is 2.49. The molecule has 1 aromatic heterocycles. The Morgan fingerprint density at radius 2 is 1.81 bits per heavy atom. The average molecular weight is 420 g/mol. The molecule has 2 aromatic carbocycles. The van der Waals surface area contributed by atoms with E-state index in [4.69, 9.17) is 0 Å². The van der Waals surface area contributed by atoms with E-state index in [2.05, 4.69) is 10.4 Å². The third kappa shape index (κ3) is 4.69. The van der Waals surface area contributed by atoms with Crippen molar-refractivity contribution < 1.29 is 14.0 Å². The molecule has 2 heterocycles. The maximum absolute atomic E-state index is 12.9. The molecule has 7 nitrogen and oxygen atoms in total. The highest BCUT2D eigenvalue weighted by Crippen LogP contribution is 2.28. The number of nitrogens with zero attached hydrogens (tertiary/aromatic N) is 3. The normalized spacial score (nSPS) is 12.5. The predicted octanol–water partition coefficient (Wildman–Crippen LogP) is 2.29. The van der Waals surface area contributed by atoms with E-state index >= 15 is 0 Å². The van der Waals surface area contributed by atoms with Crippen LogP contribution < -0.4 is 15.8 Å². The lowest BCUT2D eigenvalue weighted by molar-refractivity contribution is -0.121. The molecule has 0 saturated heterocycles. The van der Waals surface area contributed by atoms with Crippen molar-refractivity contribution in [2.24, 2.45) is 0 Å². The highest BCUT2D eigenvalue weighted by Gasteiger charge is 2.26. The van der Waals surface area contributed by atoms with Crippen LogP contribution in [0.3, 0.4) is 0 Å².